The molecule has 8 heteroatoms. The summed E-state index contributed by atoms with van der Waals surface area (Å²) >= 11 is 4.44. The molecule has 4 fully saturated rings. The standard InChI is InChI=1S/2C14H13N.2C5H5.2ClH.2Fe.2Pd/c2*1-11-7-9-14(10-8-11)15-12(2)13-5-3-4-6-13;2*1-2-4-5-3-1;;;;;;/h2*3-5,7-10H,1-2H3;2*1-5H;2*1H;;;;/q2*-1;;;;;4*+2/p-2. The van der Waals surface area contributed by atoms with Crippen LogP contribution >= 0.6 is 19.1 Å². The molecule has 0 N–H and O–H groups in total. The predicted octanol–water partition coefficient (Wildman–Crippen LogP) is 10.2. The zero-order chi connectivity index (χ0) is 32.4. The molecule has 2 aromatic carbocycles. The second-order valence-electron chi connectivity index (χ2n) is 9.16. The van der Waals surface area contributed by atoms with Crippen LogP contribution < -0.4 is 0 Å². The summed E-state index contributed by atoms with van der Waals surface area (Å²) in [5, 5.41) is 0. The molecular formula is C38H36Cl2Fe2N2Pd2+4. The number of aryl methyl sites for hydroxylation is 2. The van der Waals surface area contributed by atoms with E-state index in [-0.39, 0.29) is 34.1 Å². The fourth-order valence-corrected chi connectivity index (χ4v) is 3.50. The Morgan fingerprint density at radius 2 is 0.739 bits per heavy atom. The first-order valence-electron chi connectivity index (χ1n) is 13.6. The topological polar surface area (TPSA) is 24.7 Å². The van der Waals surface area contributed by atoms with Gasteiger partial charge in [-0.2, -0.15) is 11.8 Å². The van der Waals surface area contributed by atoms with Crippen LogP contribution in [0.4, 0.5) is 11.4 Å². The van der Waals surface area contributed by atoms with Crippen LogP contribution in [0.1, 0.15) is 25.0 Å². The van der Waals surface area contributed by atoms with E-state index in [0.29, 0.717) is 0 Å². The summed E-state index contributed by atoms with van der Waals surface area (Å²) in [4.78, 5) is 9.06. The Morgan fingerprint density at radius 3 is 0.957 bits per heavy atom. The van der Waals surface area contributed by atoms with Gasteiger partial charge in [0.1, 0.15) is 0 Å². The van der Waals surface area contributed by atoms with Crippen LogP contribution in [-0.4, -0.2) is 11.4 Å². The van der Waals surface area contributed by atoms with E-state index in [1.54, 1.807) is 0 Å². The maximum atomic E-state index is 4.53. The third kappa shape index (κ3) is 23.2. The van der Waals surface area contributed by atoms with Crippen molar-refractivity contribution in [1.82, 2.24) is 0 Å². The van der Waals surface area contributed by atoms with Crippen LogP contribution in [0.2, 0.25) is 0 Å². The van der Waals surface area contributed by atoms with Crippen LogP contribution in [0.5, 0.6) is 0 Å². The van der Waals surface area contributed by atoms with Gasteiger partial charge in [-0.05, 0) is 128 Å². The van der Waals surface area contributed by atoms with Gasteiger partial charge in [0.05, 0.1) is 11.4 Å². The van der Waals surface area contributed by atoms with Crippen molar-refractivity contribution in [1.29, 1.82) is 0 Å². The number of nitrogens with zero attached hydrogens (tertiary/aromatic N) is 2. The van der Waals surface area contributed by atoms with Gasteiger partial charge in [-0.15, -0.1) is 0 Å². The maximum Gasteiger partial charge on any atom is 2.00 e. The summed E-state index contributed by atoms with van der Waals surface area (Å²) in [6.07, 6.45) is 38.1. The molecule has 0 spiro atoms. The van der Waals surface area contributed by atoms with Crippen molar-refractivity contribution in [2.45, 2.75) is 27.7 Å². The van der Waals surface area contributed by atoms with Gasteiger partial charge in [0.25, 0.3) is 0 Å². The van der Waals surface area contributed by atoms with Gasteiger partial charge in [-0.3, -0.25) is 9.98 Å². The van der Waals surface area contributed by atoms with Gasteiger partial charge in [0.15, 0.2) is 0 Å². The molecule has 2 nitrogen and oxygen atoms in total. The van der Waals surface area contributed by atoms with Crippen LogP contribution in [0.15, 0.2) is 58.5 Å². The summed E-state index contributed by atoms with van der Waals surface area (Å²) in [6.45, 7) is 8.16. The average Bonchev–Trinajstić information content (AvgIpc) is 3.91. The zero-order valence-corrected chi connectivity index (χ0v) is 32.7. The third-order valence-corrected chi connectivity index (χ3v) is 5.75. The zero-order valence-electron chi connectivity index (χ0n) is 25.8. The summed E-state index contributed by atoms with van der Waals surface area (Å²) in [6, 6.07) is 16.4. The van der Waals surface area contributed by atoms with Crippen LogP contribution in [-0.2, 0) is 70.5 Å². The normalized spacial score (nSPS) is 17.5. The monoisotopic (exact) mass is 914 g/mol. The van der Waals surface area contributed by atoms with Crippen molar-refractivity contribution in [2.75, 3.05) is 0 Å². The third-order valence-electron chi connectivity index (χ3n) is 5.75. The minimum atomic E-state index is 0. The first-order chi connectivity index (χ1) is 21.5. The fourth-order valence-electron chi connectivity index (χ4n) is 3.50. The minimum Gasteiger partial charge on any atom is 2.00 e. The van der Waals surface area contributed by atoms with Crippen LogP contribution in [0.25, 0.3) is 0 Å². The second-order valence-corrected chi connectivity index (χ2v) is 9.16. The smallest absolute Gasteiger partial charge is 2.00 e. The molecule has 244 valence electrons. The van der Waals surface area contributed by atoms with E-state index in [4.69, 9.17) is 0 Å². The van der Waals surface area contributed by atoms with E-state index >= 15 is 0 Å². The van der Waals surface area contributed by atoms with Crippen molar-refractivity contribution < 1.29 is 70.5 Å². The van der Waals surface area contributed by atoms with E-state index < -0.39 is 0 Å². The molecule has 0 aliphatic heterocycles. The molecule has 0 saturated heterocycles. The van der Waals surface area contributed by atoms with E-state index in [2.05, 4.69) is 116 Å². The second kappa shape index (κ2) is 32.9. The number of benzene rings is 2. The number of hydrogen-bond acceptors (Lipinski definition) is 2. The molecule has 6 rings (SSSR count). The first-order valence-corrected chi connectivity index (χ1v) is 17.6. The van der Waals surface area contributed by atoms with E-state index in [1.165, 1.54) is 11.1 Å². The van der Waals surface area contributed by atoms with Crippen LogP contribution in [0.3, 0.4) is 0 Å². The molecule has 4 aliphatic rings. The Balaban J connectivity index is 0. The molecular weight excluding hydrogens is 880 g/mol. The molecule has 20 radical (unpaired) electrons. The number of aliphatic imine (C=N–C) groups is 2. The Bertz CT molecular complexity index is 915. The maximum absolute atomic E-state index is 4.53. The Labute approximate surface area is 334 Å². The molecule has 2 aromatic rings. The SMILES string of the molecule is CC(=Nc1ccc(C)cc1)[C]1[C-][CH][CH][CH]1.CC(=Nc1ccc(C)cc1)[C]1[C-][CH][CH][CH]1.[CH]1[CH][CH][CH][CH]1.[CH]1[CH][CH][CH][CH]1.[Cl][Pd+].[Cl][Pd+].[Fe+2].[Fe+2]. The summed E-state index contributed by atoms with van der Waals surface area (Å²) in [5.41, 5.74) is 6.51. The van der Waals surface area contributed by atoms with Gasteiger partial charge < -0.3 is 12.8 Å². The van der Waals surface area contributed by atoms with E-state index in [1.807, 2.05) is 141 Å². The predicted molar refractivity (Wildman–Crippen MR) is 181 cm³/mol. The van der Waals surface area contributed by atoms with E-state index in [9.17, 15) is 0 Å². The first kappa shape index (κ1) is 48.8. The molecule has 0 aromatic heterocycles. The Hall–Kier alpha value is 0.724. The van der Waals surface area contributed by atoms with Gasteiger partial charge in [-0.1, -0.05) is 61.1 Å². The molecule has 0 unspecified atom stereocenters. The fraction of sp³-hybridized carbons (Fsp3) is 0.105. The number of rotatable bonds is 4. The average molecular weight is 916 g/mol. The molecule has 0 bridgehead atoms. The van der Waals surface area contributed by atoms with Crippen molar-refractivity contribution >= 4 is 41.9 Å². The van der Waals surface area contributed by atoms with Crippen molar-refractivity contribution in [3.8, 4) is 0 Å². The summed E-state index contributed by atoms with van der Waals surface area (Å²) in [5.74, 6) is 2.13. The summed E-state index contributed by atoms with van der Waals surface area (Å²) < 4.78 is 0. The summed E-state index contributed by atoms with van der Waals surface area (Å²) in [7, 11) is 8.98. The van der Waals surface area contributed by atoms with Gasteiger partial charge in [0, 0.05) is 0 Å². The van der Waals surface area contributed by atoms with Crippen molar-refractivity contribution in [3.05, 3.63) is 187 Å². The quantitative estimate of drug-likeness (QED) is 0.166. The number of halogens is 2. The van der Waals surface area contributed by atoms with Gasteiger partial charge >= 0.3 is 89.6 Å². The van der Waals surface area contributed by atoms with Crippen LogP contribution in [0, 0.1) is 141 Å². The molecule has 0 heterocycles. The molecule has 46 heavy (non-hydrogen) atoms. The molecule has 0 amide bonds. The molecule has 4 aliphatic carbocycles. The van der Waals surface area contributed by atoms with E-state index in [0.717, 1.165) is 34.6 Å². The van der Waals surface area contributed by atoms with Crippen molar-refractivity contribution in [3.63, 3.8) is 0 Å². The number of hydrogen-bond donors (Lipinski definition) is 0. The van der Waals surface area contributed by atoms with Crippen molar-refractivity contribution in [2.24, 2.45) is 9.98 Å². The Morgan fingerprint density at radius 1 is 0.478 bits per heavy atom. The molecule has 0 atom stereocenters. The largest absolute Gasteiger partial charge is 2.00 e. The van der Waals surface area contributed by atoms with Gasteiger partial charge in [0.2, 0.25) is 0 Å². The van der Waals surface area contributed by atoms with Gasteiger partial charge in [-0.25, -0.2) is 12.8 Å². The Kier molecular flexibility index (Phi) is 34.9. The molecule has 4 saturated carbocycles. The minimum absolute atomic E-state index is 0.